The molecule has 0 spiro atoms. The standard InChI is InChI=1S/C13H13NO4/c1-3-4-11(13(17)18-2)14-12(16)9-5-7-10(15)8-6-9/h1,5-8,11,15H,4H2,2H3,(H,14,16)/t11-/m0/s1. The van der Waals surface area contributed by atoms with Gasteiger partial charge in [0.15, 0.2) is 0 Å². The van der Waals surface area contributed by atoms with E-state index in [0.717, 1.165) is 0 Å². The Morgan fingerprint density at radius 1 is 1.44 bits per heavy atom. The van der Waals surface area contributed by atoms with Gasteiger partial charge in [0.05, 0.1) is 7.11 Å². The maximum atomic E-state index is 11.8. The zero-order chi connectivity index (χ0) is 13.5. The molecule has 0 aliphatic carbocycles. The molecular weight excluding hydrogens is 234 g/mol. The van der Waals surface area contributed by atoms with Gasteiger partial charge in [-0.3, -0.25) is 4.79 Å². The summed E-state index contributed by atoms with van der Waals surface area (Å²) in [6.07, 6.45) is 5.17. The Morgan fingerprint density at radius 2 is 2.06 bits per heavy atom. The molecule has 94 valence electrons. The third-order valence-corrected chi connectivity index (χ3v) is 2.24. The van der Waals surface area contributed by atoms with Crippen LogP contribution in [-0.2, 0) is 9.53 Å². The van der Waals surface area contributed by atoms with Crippen LogP contribution in [0.2, 0.25) is 0 Å². The molecule has 0 fully saturated rings. The number of rotatable bonds is 4. The fraction of sp³-hybridized carbons (Fsp3) is 0.231. The van der Waals surface area contributed by atoms with Gasteiger partial charge < -0.3 is 15.2 Å². The third kappa shape index (κ3) is 3.52. The smallest absolute Gasteiger partial charge is 0.329 e. The zero-order valence-electron chi connectivity index (χ0n) is 9.84. The van der Waals surface area contributed by atoms with Gasteiger partial charge >= 0.3 is 5.97 Å². The highest BCUT2D eigenvalue weighted by atomic mass is 16.5. The van der Waals surface area contributed by atoms with E-state index in [1.165, 1.54) is 31.4 Å². The molecule has 0 aromatic heterocycles. The summed E-state index contributed by atoms with van der Waals surface area (Å²) in [6, 6.07) is 4.76. The summed E-state index contributed by atoms with van der Waals surface area (Å²) in [7, 11) is 1.22. The first-order valence-electron chi connectivity index (χ1n) is 5.19. The molecule has 5 heteroatoms. The Kier molecular flexibility index (Phi) is 4.76. The first kappa shape index (κ1) is 13.6. The van der Waals surface area contributed by atoms with Gasteiger partial charge in [0, 0.05) is 12.0 Å². The quantitative estimate of drug-likeness (QED) is 0.606. The molecule has 0 unspecified atom stereocenters. The van der Waals surface area contributed by atoms with E-state index < -0.39 is 17.9 Å². The highest BCUT2D eigenvalue weighted by Gasteiger charge is 2.20. The molecule has 0 aliphatic rings. The highest BCUT2D eigenvalue weighted by molar-refractivity contribution is 5.96. The first-order chi connectivity index (χ1) is 8.58. The zero-order valence-corrected chi connectivity index (χ0v) is 9.84. The molecule has 1 atom stereocenters. The highest BCUT2D eigenvalue weighted by Crippen LogP contribution is 2.09. The van der Waals surface area contributed by atoms with Crippen molar-refractivity contribution in [2.45, 2.75) is 12.5 Å². The van der Waals surface area contributed by atoms with Crippen molar-refractivity contribution in [3.8, 4) is 18.1 Å². The molecule has 2 N–H and O–H groups in total. The van der Waals surface area contributed by atoms with Crippen LogP contribution in [0.25, 0.3) is 0 Å². The van der Waals surface area contributed by atoms with Crippen LogP contribution in [0.4, 0.5) is 0 Å². The number of terminal acetylenes is 1. The van der Waals surface area contributed by atoms with Gasteiger partial charge in [0.1, 0.15) is 11.8 Å². The number of nitrogens with one attached hydrogen (secondary N) is 1. The lowest BCUT2D eigenvalue weighted by atomic mass is 10.1. The van der Waals surface area contributed by atoms with Crippen LogP contribution < -0.4 is 5.32 Å². The van der Waals surface area contributed by atoms with Crippen LogP contribution >= 0.6 is 0 Å². The molecule has 1 amide bonds. The largest absolute Gasteiger partial charge is 0.508 e. The maximum absolute atomic E-state index is 11.8. The summed E-state index contributed by atoms with van der Waals surface area (Å²) in [5, 5.41) is 11.6. The number of carbonyl (C=O) groups is 2. The third-order valence-electron chi connectivity index (χ3n) is 2.24. The lowest BCUT2D eigenvalue weighted by molar-refractivity contribution is -0.142. The van der Waals surface area contributed by atoms with Gasteiger partial charge in [-0.1, -0.05) is 0 Å². The number of aromatic hydroxyl groups is 1. The van der Waals surface area contributed by atoms with Crippen molar-refractivity contribution >= 4 is 11.9 Å². The Labute approximate surface area is 105 Å². The number of esters is 1. The molecule has 1 aromatic rings. The number of methoxy groups -OCH3 is 1. The Morgan fingerprint density at radius 3 is 2.56 bits per heavy atom. The SMILES string of the molecule is C#CC[C@H](NC(=O)c1ccc(O)cc1)C(=O)OC. The van der Waals surface area contributed by atoms with Gasteiger partial charge in [-0.25, -0.2) is 4.79 Å². The molecule has 0 bridgehead atoms. The lowest BCUT2D eigenvalue weighted by Gasteiger charge is -2.13. The molecule has 0 radical (unpaired) electrons. The number of hydrogen-bond acceptors (Lipinski definition) is 4. The lowest BCUT2D eigenvalue weighted by Crippen LogP contribution is -2.41. The molecule has 0 saturated heterocycles. The molecule has 5 nitrogen and oxygen atoms in total. The summed E-state index contributed by atoms with van der Waals surface area (Å²) in [5.74, 6) is 1.29. The van der Waals surface area contributed by atoms with Crippen LogP contribution in [0.5, 0.6) is 5.75 Å². The van der Waals surface area contributed by atoms with Crippen LogP contribution in [-0.4, -0.2) is 30.1 Å². The fourth-order valence-corrected chi connectivity index (χ4v) is 1.31. The van der Waals surface area contributed by atoms with Crippen LogP contribution in [0.3, 0.4) is 0 Å². The molecule has 18 heavy (non-hydrogen) atoms. The number of ether oxygens (including phenoxy) is 1. The predicted octanol–water partition coefficient (Wildman–Crippen LogP) is 0.687. The van der Waals surface area contributed by atoms with Crippen molar-refractivity contribution < 1.29 is 19.4 Å². The van der Waals surface area contributed by atoms with Gasteiger partial charge in [0.25, 0.3) is 5.91 Å². The normalized spacial score (nSPS) is 11.1. The van der Waals surface area contributed by atoms with Crippen molar-refractivity contribution in [3.63, 3.8) is 0 Å². The number of hydrogen-bond donors (Lipinski definition) is 2. The van der Waals surface area contributed by atoms with Crippen LogP contribution in [0.15, 0.2) is 24.3 Å². The van der Waals surface area contributed by atoms with Gasteiger partial charge in [-0.2, -0.15) is 0 Å². The average molecular weight is 247 g/mol. The Hall–Kier alpha value is -2.48. The molecule has 1 aromatic carbocycles. The number of phenolic OH excluding ortho intramolecular Hbond substituents is 1. The van der Waals surface area contributed by atoms with E-state index in [9.17, 15) is 9.59 Å². The average Bonchev–Trinajstić information content (AvgIpc) is 2.38. The van der Waals surface area contributed by atoms with E-state index in [1.807, 2.05) is 0 Å². The van der Waals surface area contributed by atoms with Gasteiger partial charge in [-0.15, -0.1) is 12.3 Å². The van der Waals surface area contributed by atoms with Gasteiger partial charge in [0.2, 0.25) is 0 Å². The minimum absolute atomic E-state index is 0.0521. The molecule has 1 rings (SSSR count). The fourth-order valence-electron chi connectivity index (χ4n) is 1.31. The van der Waals surface area contributed by atoms with Crippen LogP contribution in [0.1, 0.15) is 16.8 Å². The van der Waals surface area contributed by atoms with Crippen molar-refractivity contribution in [2.24, 2.45) is 0 Å². The minimum atomic E-state index is -0.874. The number of carbonyl (C=O) groups excluding carboxylic acids is 2. The Balaban J connectivity index is 2.75. The Bertz CT molecular complexity index is 473. The van der Waals surface area contributed by atoms with E-state index in [0.29, 0.717) is 5.56 Å². The summed E-state index contributed by atoms with van der Waals surface area (Å²) in [5.41, 5.74) is 0.318. The van der Waals surface area contributed by atoms with Crippen molar-refractivity contribution in [1.29, 1.82) is 0 Å². The van der Waals surface area contributed by atoms with Gasteiger partial charge in [-0.05, 0) is 24.3 Å². The topological polar surface area (TPSA) is 75.6 Å². The first-order valence-corrected chi connectivity index (χ1v) is 5.19. The molecule has 0 aliphatic heterocycles. The monoisotopic (exact) mass is 247 g/mol. The molecule has 0 heterocycles. The second-order valence-corrected chi connectivity index (χ2v) is 3.50. The van der Waals surface area contributed by atoms with E-state index in [1.54, 1.807) is 0 Å². The van der Waals surface area contributed by atoms with Crippen molar-refractivity contribution in [1.82, 2.24) is 5.32 Å². The number of amides is 1. The number of phenols is 1. The molecule has 0 saturated carbocycles. The maximum Gasteiger partial charge on any atom is 0.329 e. The van der Waals surface area contributed by atoms with Crippen molar-refractivity contribution in [3.05, 3.63) is 29.8 Å². The predicted molar refractivity (Wildman–Crippen MR) is 64.8 cm³/mol. The van der Waals surface area contributed by atoms with E-state index in [2.05, 4.69) is 16.0 Å². The van der Waals surface area contributed by atoms with E-state index in [4.69, 9.17) is 11.5 Å². The summed E-state index contributed by atoms with van der Waals surface area (Å²) >= 11 is 0. The summed E-state index contributed by atoms with van der Waals surface area (Å²) in [4.78, 5) is 23.1. The second kappa shape index (κ2) is 6.30. The second-order valence-electron chi connectivity index (χ2n) is 3.50. The van der Waals surface area contributed by atoms with Crippen molar-refractivity contribution in [2.75, 3.05) is 7.11 Å². The summed E-state index contributed by atoms with van der Waals surface area (Å²) in [6.45, 7) is 0. The van der Waals surface area contributed by atoms with E-state index >= 15 is 0 Å². The summed E-state index contributed by atoms with van der Waals surface area (Å²) < 4.78 is 4.53. The van der Waals surface area contributed by atoms with Crippen LogP contribution in [0, 0.1) is 12.3 Å². The molecular formula is C13H13NO4. The van der Waals surface area contributed by atoms with E-state index in [-0.39, 0.29) is 12.2 Å². The number of benzene rings is 1. The minimum Gasteiger partial charge on any atom is -0.508 e.